The van der Waals surface area contributed by atoms with E-state index in [-0.39, 0.29) is 11.5 Å². The molecular weight excluding hydrogens is 299 g/mol. The fourth-order valence-electron chi connectivity index (χ4n) is 1.46. The highest BCUT2D eigenvalue weighted by molar-refractivity contribution is 9.10. The van der Waals surface area contributed by atoms with Crippen LogP contribution >= 0.6 is 15.9 Å². The molecule has 4 heteroatoms. The number of ketones is 1. The Hall–Kier alpha value is -1.68. The van der Waals surface area contributed by atoms with E-state index in [1.807, 2.05) is 0 Å². The molecule has 0 spiro atoms. The topological polar surface area (TPSA) is 26.3 Å². The van der Waals surface area contributed by atoms with Gasteiger partial charge in [-0.05, 0) is 37.3 Å². The van der Waals surface area contributed by atoms with Gasteiger partial charge in [-0.25, -0.2) is 4.39 Å². The number of halogens is 2. The van der Waals surface area contributed by atoms with E-state index in [4.69, 9.17) is 4.74 Å². The van der Waals surface area contributed by atoms with E-state index in [1.165, 1.54) is 19.1 Å². The van der Waals surface area contributed by atoms with E-state index in [2.05, 4.69) is 15.9 Å². The predicted molar refractivity (Wildman–Crippen MR) is 70.6 cm³/mol. The molecule has 0 saturated carbocycles. The van der Waals surface area contributed by atoms with Crippen molar-refractivity contribution in [3.63, 3.8) is 0 Å². The summed E-state index contributed by atoms with van der Waals surface area (Å²) in [6.45, 7) is 1.47. The Balaban J connectivity index is 2.31. The minimum Gasteiger partial charge on any atom is -0.454 e. The number of Topliss-reactive ketones (excluding diaryl/α,β-unsaturated/α-hetero) is 1. The monoisotopic (exact) mass is 308 g/mol. The number of hydrogen-bond donors (Lipinski definition) is 0. The molecule has 0 amide bonds. The molecule has 2 rings (SSSR count). The highest BCUT2D eigenvalue weighted by atomic mass is 79.9. The van der Waals surface area contributed by atoms with Crippen LogP contribution in [-0.4, -0.2) is 5.78 Å². The second-order valence-electron chi connectivity index (χ2n) is 3.76. The van der Waals surface area contributed by atoms with Gasteiger partial charge >= 0.3 is 0 Å². The van der Waals surface area contributed by atoms with Crippen molar-refractivity contribution >= 4 is 21.7 Å². The Morgan fingerprint density at radius 2 is 2.00 bits per heavy atom. The van der Waals surface area contributed by atoms with Gasteiger partial charge in [0.1, 0.15) is 5.75 Å². The van der Waals surface area contributed by atoms with Crippen LogP contribution < -0.4 is 4.74 Å². The minimum atomic E-state index is -0.452. The average molecular weight is 309 g/mol. The predicted octanol–water partition coefficient (Wildman–Crippen LogP) is 4.58. The van der Waals surface area contributed by atoms with Crippen LogP contribution in [0.25, 0.3) is 0 Å². The smallest absolute Gasteiger partial charge is 0.165 e. The molecule has 2 nitrogen and oxygen atoms in total. The molecule has 0 aliphatic heterocycles. The number of carbonyl (C=O) groups excluding carboxylic acids is 1. The maximum Gasteiger partial charge on any atom is 0.165 e. The zero-order valence-corrected chi connectivity index (χ0v) is 11.2. The molecular formula is C14H10BrFO2. The van der Waals surface area contributed by atoms with Gasteiger partial charge in [0, 0.05) is 10.0 Å². The molecule has 2 aromatic carbocycles. The first-order chi connectivity index (χ1) is 8.56. The third-order valence-corrected chi connectivity index (χ3v) is 2.85. The first-order valence-electron chi connectivity index (χ1n) is 5.30. The van der Waals surface area contributed by atoms with E-state index in [0.717, 1.165) is 4.47 Å². The second-order valence-corrected chi connectivity index (χ2v) is 4.68. The van der Waals surface area contributed by atoms with Crippen molar-refractivity contribution in [2.45, 2.75) is 6.92 Å². The largest absolute Gasteiger partial charge is 0.454 e. The van der Waals surface area contributed by atoms with Gasteiger partial charge in [-0.15, -0.1) is 0 Å². The lowest BCUT2D eigenvalue weighted by atomic mass is 10.1. The zero-order chi connectivity index (χ0) is 13.1. The number of carbonyl (C=O) groups is 1. The molecule has 0 aliphatic carbocycles. The van der Waals surface area contributed by atoms with Crippen LogP contribution in [-0.2, 0) is 0 Å². The summed E-state index contributed by atoms with van der Waals surface area (Å²) < 4.78 is 19.6. The molecule has 0 heterocycles. The highest BCUT2D eigenvalue weighted by Gasteiger charge is 2.07. The molecule has 0 saturated heterocycles. The van der Waals surface area contributed by atoms with Gasteiger partial charge in [-0.3, -0.25) is 4.79 Å². The fraction of sp³-hybridized carbons (Fsp3) is 0.0714. The zero-order valence-electron chi connectivity index (χ0n) is 9.61. The summed E-state index contributed by atoms with van der Waals surface area (Å²) in [5, 5.41) is 0. The van der Waals surface area contributed by atoms with Crippen molar-refractivity contribution in [1.82, 2.24) is 0 Å². The van der Waals surface area contributed by atoms with Crippen LogP contribution in [0.5, 0.6) is 11.5 Å². The Morgan fingerprint density at radius 1 is 1.22 bits per heavy atom. The summed E-state index contributed by atoms with van der Waals surface area (Å²) in [4.78, 5) is 11.2. The summed E-state index contributed by atoms with van der Waals surface area (Å²) in [5.74, 6) is 0.0337. The maximum atomic E-state index is 13.5. The molecule has 92 valence electrons. The summed E-state index contributed by atoms with van der Waals surface area (Å²) in [7, 11) is 0. The molecule has 0 aromatic heterocycles. The summed E-state index contributed by atoms with van der Waals surface area (Å²) in [6.07, 6.45) is 0. The summed E-state index contributed by atoms with van der Waals surface area (Å²) >= 11 is 3.25. The Kier molecular flexibility index (Phi) is 3.77. The number of benzene rings is 2. The van der Waals surface area contributed by atoms with Crippen molar-refractivity contribution in [2.24, 2.45) is 0 Å². The second kappa shape index (κ2) is 5.31. The molecule has 0 fully saturated rings. The Morgan fingerprint density at radius 3 is 2.72 bits per heavy atom. The van der Waals surface area contributed by atoms with Gasteiger partial charge in [0.15, 0.2) is 17.3 Å². The Bertz CT molecular complexity index is 596. The van der Waals surface area contributed by atoms with E-state index in [0.29, 0.717) is 11.3 Å². The number of ether oxygens (including phenoxy) is 1. The van der Waals surface area contributed by atoms with Gasteiger partial charge in [-0.2, -0.15) is 0 Å². The molecule has 0 N–H and O–H groups in total. The lowest BCUT2D eigenvalue weighted by molar-refractivity contribution is 0.101. The van der Waals surface area contributed by atoms with Crippen molar-refractivity contribution < 1.29 is 13.9 Å². The lowest BCUT2D eigenvalue weighted by Gasteiger charge is -2.08. The third kappa shape index (κ3) is 2.96. The van der Waals surface area contributed by atoms with E-state index < -0.39 is 5.82 Å². The van der Waals surface area contributed by atoms with Gasteiger partial charge in [0.05, 0.1) is 0 Å². The third-order valence-electron chi connectivity index (χ3n) is 2.36. The fourth-order valence-corrected chi connectivity index (χ4v) is 1.80. The van der Waals surface area contributed by atoms with Crippen molar-refractivity contribution in [3.8, 4) is 11.5 Å². The number of hydrogen-bond acceptors (Lipinski definition) is 2. The highest BCUT2D eigenvalue weighted by Crippen LogP contribution is 2.28. The van der Waals surface area contributed by atoms with Crippen LogP contribution in [0.1, 0.15) is 17.3 Å². The van der Waals surface area contributed by atoms with E-state index in [1.54, 1.807) is 30.3 Å². The number of rotatable bonds is 3. The van der Waals surface area contributed by atoms with Gasteiger partial charge in [0.25, 0.3) is 0 Å². The standard InChI is InChI=1S/C14H10BrFO2/c1-9(17)10-3-2-4-12(7-10)18-14-8-11(15)5-6-13(14)16/h2-8H,1H3. The first kappa shape index (κ1) is 12.8. The van der Waals surface area contributed by atoms with Crippen molar-refractivity contribution in [3.05, 3.63) is 58.3 Å². The summed E-state index contributed by atoms with van der Waals surface area (Å²) in [5.41, 5.74) is 0.530. The van der Waals surface area contributed by atoms with E-state index in [9.17, 15) is 9.18 Å². The van der Waals surface area contributed by atoms with E-state index >= 15 is 0 Å². The molecule has 18 heavy (non-hydrogen) atoms. The van der Waals surface area contributed by atoms with Crippen molar-refractivity contribution in [1.29, 1.82) is 0 Å². The van der Waals surface area contributed by atoms with Gasteiger partial charge in [-0.1, -0.05) is 28.1 Å². The summed E-state index contributed by atoms with van der Waals surface area (Å²) in [6, 6.07) is 11.1. The average Bonchev–Trinajstić information content (AvgIpc) is 2.34. The van der Waals surface area contributed by atoms with Crippen LogP contribution in [0.2, 0.25) is 0 Å². The van der Waals surface area contributed by atoms with Crippen molar-refractivity contribution in [2.75, 3.05) is 0 Å². The first-order valence-corrected chi connectivity index (χ1v) is 6.09. The normalized spacial score (nSPS) is 10.2. The molecule has 2 aromatic rings. The maximum absolute atomic E-state index is 13.5. The lowest BCUT2D eigenvalue weighted by Crippen LogP contribution is -1.93. The van der Waals surface area contributed by atoms with Crippen LogP contribution in [0.15, 0.2) is 46.9 Å². The molecule has 0 radical (unpaired) electrons. The van der Waals surface area contributed by atoms with Gasteiger partial charge < -0.3 is 4.74 Å². The van der Waals surface area contributed by atoms with Crippen LogP contribution in [0.4, 0.5) is 4.39 Å². The molecule has 0 bridgehead atoms. The Labute approximate surface area is 113 Å². The SMILES string of the molecule is CC(=O)c1cccc(Oc2cc(Br)ccc2F)c1. The van der Waals surface area contributed by atoms with Crippen LogP contribution in [0.3, 0.4) is 0 Å². The molecule has 0 unspecified atom stereocenters. The van der Waals surface area contributed by atoms with Gasteiger partial charge in [0.2, 0.25) is 0 Å². The molecule has 0 atom stereocenters. The molecule has 0 aliphatic rings. The van der Waals surface area contributed by atoms with Crippen LogP contribution in [0, 0.1) is 5.82 Å². The minimum absolute atomic E-state index is 0.0600. The quantitative estimate of drug-likeness (QED) is 0.776.